The van der Waals surface area contributed by atoms with Gasteiger partial charge in [-0.2, -0.15) is 4.98 Å². The third-order valence-corrected chi connectivity index (χ3v) is 1.95. The second-order valence-electron chi connectivity index (χ2n) is 3.04. The molecule has 4 heteroatoms. The molecule has 0 fully saturated rings. The van der Waals surface area contributed by atoms with Gasteiger partial charge in [-0.3, -0.25) is 0 Å². The lowest BCUT2D eigenvalue weighted by molar-refractivity contribution is 0.914. The number of fused-ring (bicyclic) bond motifs is 1. The van der Waals surface area contributed by atoms with Crippen LogP contribution in [0.25, 0.3) is 5.65 Å². The van der Waals surface area contributed by atoms with Crippen molar-refractivity contribution in [2.45, 2.75) is 6.92 Å². The molecule has 2 aromatic heterocycles. The highest BCUT2D eigenvalue weighted by Crippen LogP contribution is 2.07. The highest BCUT2D eigenvalue weighted by Gasteiger charge is 2.02. The molecule has 0 amide bonds. The summed E-state index contributed by atoms with van der Waals surface area (Å²) in [7, 11) is 0. The monoisotopic (exact) mass is 188 g/mol. The molecule has 0 aliphatic heterocycles. The van der Waals surface area contributed by atoms with E-state index in [1.165, 1.54) is 0 Å². The number of aromatic nitrogens is 3. The van der Waals surface area contributed by atoms with E-state index in [0.717, 1.165) is 11.3 Å². The Morgan fingerprint density at radius 1 is 1.57 bits per heavy atom. The normalized spacial score (nSPS) is 10.4. The molecule has 1 N–H and O–H groups in total. The van der Waals surface area contributed by atoms with E-state index in [4.69, 9.17) is 0 Å². The van der Waals surface area contributed by atoms with Gasteiger partial charge in [0, 0.05) is 12.2 Å². The Labute approximate surface area is 82.3 Å². The van der Waals surface area contributed by atoms with Crippen LogP contribution in [-0.2, 0) is 0 Å². The van der Waals surface area contributed by atoms with Crippen molar-refractivity contribution in [1.82, 2.24) is 14.6 Å². The molecule has 2 aromatic rings. The van der Waals surface area contributed by atoms with Crippen molar-refractivity contribution < 1.29 is 0 Å². The molecule has 14 heavy (non-hydrogen) atoms. The third-order valence-electron chi connectivity index (χ3n) is 1.95. The first-order valence-electron chi connectivity index (χ1n) is 4.48. The second kappa shape index (κ2) is 3.49. The molecule has 0 unspecified atom stereocenters. The molecule has 0 bridgehead atoms. The van der Waals surface area contributed by atoms with Gasteiger partial charge >= 0.3 is 0 Å². The summed E-state index contributed by atoms with van der Waals surface area (Å²) in [6, 6.07) is 5.90. The number of anilines is 1. The molecule has 0 aromatic carbocycles. The maximum Gasteiger partial charge on any atom is 0.243 e. The minimum absolute atomic E-state index is 0.638. The van der Waals surface area contributed by atoms with Gasteiger partial charge in [0.05, 0.1) is 0 Å². The average Bonchev–Trinajstić information content (AvgIpc) is 2.59. The van der Waals surface area contributed by atoms with E-state index in [-0.39, 0.29) is 0 Å². The van der Waals surface area contributed by atoms with Gasteiger partial charge in [-0.25, -0.2) is 4.52 Å². The predicted molar refractivity (Wildman–Crippen MR) is 56.4 cm³/mol. The lowest BCUT2D eigenvalue weighted by Crippen LogP contribution is -2.00. The number of rotatable bonds is 3. The van der Waals surface area contributed by atoms with Gasteiger partial charge in [0.1, 0.15) is 0 Å². The molecule has 0 saturated carbocycles. The fraction of sp³-hybridized carbons (Fsp3) is 0.200. The van der Waals surface area contributed by atoms with Crippen molar-refractivity contribution in [3.05, 3.63) is 36.5 Å². The zero-order valence-electron chi connectivity index (χ0n) is 8.07. The molecule has 4 nitrogen and oxygen atoms in total. The van der Waals surface area contributed by atoms with Gasteiger partial charge in [-0.05, 0) is 19.1 Å². The predicted octanol–water partition coefficient (Wildman–Crippen LogP) is 1.64. The maximum atomic E-state index is 4.30. The van der Waals surface area contributed by atoms with Crippen molar-refractivity contribution in [2.24, 2.45) is 0 Å². The molecule has 0 saturated heterocycles. The minimum atomic E-state index is 0.638. The summed E-state index contributed by atoms with van der Waals surface area (Å²) >= 11 is 0. The van der Waals surface area contributed by atoms with Crippen LogP contribution in [0.2, 0.25) is 0 Å². The molecule has 0 atom stereocenters. The van der Waals surface area contributed by atoms with Crippen molar-refractivity contribution in [3.63, 3.8) is 0 Å². The first kappa shape index (κ1) is 8.74. The molecule has 2 rings (SSSR count). The number of hydrogen-bond donors (Lipinski definition) is 1. The Morgan fingerprint density at radius 2 is 2.43 bits per heavy atom. The van der Waals surface area contributed by atoms with E-state index in [0.29, 0.717) is 12.5 Å². The highest BCUT2D eigenvalue weighted by atomic mass is 15.3. The fourth-order valence-corrected chi connectivity index (χ4v) is 1.27. The molecular weight excluding hydrogens is 176 g/mol. The average molecular weight is 188 g/mol. The van der Waals surface area contributed by atoms with Crippen LogP contribution < -0.4 is 5.32 Å². The van der Waals surface area contributed by atoms with E-state index >= 15 is 0 Å². The van der Waals surface area contributed by atoms with Crippen LogP contribution in [-0.4, -0.2) is 21.1 Å². The Kier molecular flexibility index (Phi) is 2.18. The zero-order chi connectivity index (χ0) is 9.97. The SMILES string of the molecule is C=CCNc1nc2cccc(C)n2n1. The van der Waals surface area contributed by atoms with Gasteiger partial charge in [0.25, 0.3) is 0 Å². The number of hydrogen-bond acceptors (Lipinski definition) is 3. The van der Waals surface area contributed by atoms with Gasteiger partial charge in [-0.15, -0.1) is 11.7 Å². The lowest BCUT2D eigenvalue weighted by Gasteiger charge is -1.94. The molecule has 0 spiro atoms. The summed E-state index contributed by atoms with van der Waals surface area (Å²) in [5.74, 6) is 0.638. The van der Waals surface area contributed by atoms with Crippen LogP contribution in [0.15, 0.2) is 30.9 Å². The van der Waals surface area contributed by atoms with Gasteiger partial charge in [-0.1, -0.05) is 12.1 Å². The maximum absolute atomic E-state index is 4.30. The third kappa shape index (κ3) is 1.46. The summed E-state index contributed by atoms with van der Waals surface area (Å²) in [4.78, 5) is 4.30. The van der Waals surface area contributed by atoms with Crippen LogP contribution in [0, 0.1) is 6.92 Å². The Balaban J connectivity index is 2.41. The first-order valence-corrected chi connectivity index (χ1v) is 4.48. The Hall–Kier alpha value is -1.84. The largest absolute Gasteiger partial charge is 0.349 e. The fourth-order valence-electron chi connectivity index (χ4n) is 1.27. The highest BCUT2D eigenvalue weighted by molar-refractivity contribution is 5.44. The van der Waals surface area contributed by atoms with Gasteiger partial charge in [0.2, 0.25) is 5.95 Å². The Bertz CT molecular complexity index is 458. The molecule has 2 heterocycles. The standard InChI is InChI=1S/C10H12N4/c1-3-7-11-10-12-9-6-4-5-8(2)14(9)13-10/h3-6H,1,7H2,2H3,(H,11,13). The number of nitrogens with one attached hydrogen (secondary N) is 1. The lowest BCUT2D eigenvalue weighted by atomic mass is 10.4. The van der Waals surface area contributed by atoms with Crippen LogP contribution in [0.4, 0.5) is 5.95 Å². The Morgan fingerprint density at radius 3 is 3.14 bits per heavy atom. The van der Waals surface area contributed by atoms with E-state index < -0.39 is 0 Å². The summed E-state index contributed by atoms with van der Waals surface area (Å²) < 4.78 is 1.81. The van der Waals surface area contributed by atoms with E-state index in [1.54, 1.807) is 6.08 Å². The number of nitrogens with zero attached hydrogens (tertiary/aromatic N) is 3. The van der Waals surface area contributed by atoms with E-state index in [2.05, 4.69) is 22.0 Å². The van der Waals surface area contributed by atoms with Crippen molar-refractivity contribution in [2.75, 3.05) is 11.9 Å². The summed E-state index contributed by atoms with van der Waals surface area (Å²) in [6.45, 7) is 6.30. The van der Waals surface area contributed by atoms with Crippen molar-refractivity contribution in [3.8, 4) is 0 Å². The van der Waals surface area contributed by atoms with E-state index in [9.17, 15) is 0 Å². The quantitative estimate of drug-likeness (QED) is 0.744. The number of aryl methyl sites for hydroxylation is 1. The molecular formula is C10H12N4. The molecule has 72 valence electrons. The smallest absolute Gasteiger partial charge is 0.243 e. The van der Waals surface area contributed by atoms with Crippen LogP contribution in [0.1, 0.15) is 5.69 Å². The second-order valence-corrected chi connectivity index (χ2v) is 3.04. The van der Waals surface area contributed by atoms with Gasteiger partial charge < -0.3 is 5.32 Å². The number of pyridine rings is 1. The summed E-state index contributed by atoms with van der Waals surface area (Å²) in [5, 5.41) is 7.35. The summed E-state index contributed by atoms with van der Waals surface area (Å²) in [6.07, 6.45) is 1.78. The van der Waals surface area contributed by atoms with Crippen molar-refractivity contribution >= 4 is 11.6 Å². The van der Waals surface area contributed by atoms with Crippen LogP contribution in [0.3, 0.4) is 0 Å². The molecule has 0 aliphatic carbocycles. The molecule has 0 radical (unpaired) electrons. The van der Waals surface area contributed by atoms with Crippen molar-refractivity contribution in [1.29, 1.82) is 0 Å². The summed E-state index contributed by atoms with van der Waals surface area (Å²) in [5.41, 5.74) is 1.93. The van der Waals surface area contributed by atoms with Crippen LogP contribution in [0.5, 0.6) is 0 Å². The van der Waals surface area contributed by atoms with E-state index in [1.807, 2.05) is 29.6 Å². The topological polar surface area (TPSA) is 42.2 Å². The minimum Gasteiger partial charge on any atom is -0.349 e. The zero-order valence-corrected chi connectivity index (χ0v) is 8.07. The molecule has 0 aliphatic rings. The first-order chi connectivity index (χ1) is 6.81. The van der Waals surface area contributed by atoms with Gasteiger partial charge in [0.15, 0.2) is 5.65 Å². The van der Waals surface area contributed by atoms with Crippen LogP contribution >= 0.6 is 0 Å².